The molecule has 2 rings (SSSR count). The summed E-state index contributed by atoms with van der Waals surface area (Å²) < 4.78 is 1.68. The van der Waals surface area contributed by atoms with Crippen LogP contribution in [0.3, 0.4) is 0 Å². The quantitative estimate of drug-likeness (QED) is 0.877. The number of hydrogen-bond donors (Lipinski definition) is 2. The average Bonchev–Trinajstić information content (AvgIpc) is 2.99. The minimum Gasteiger partial charge on any atom is -0.478 e. The summed E-state index contributed by atoms with van der Waals surface area (Å²) >= 11 is 1.29. The number of thiophene rings is 1. The van der Waals surface area contributed by atoms with E-state index in [0.717, 1.165) is 16.1 Å². The first-order valence-corrected chi connectivity index (χ1v) is 8.28. The van der Waals surface area contributed by atoms with Crippen LogP contribution < -0.4 is 5.32 Å². The molecule has 0 unspecified atom stereocenters. The number of aryl methyl sites for hydroxylation is 2. The van der Waals surface area contributed by atoms with Gasteiger partial charge in [-0.1, -0.05) is 20.8 Å². The Hall–Kier alpha value is -2.15. The number of rotatable bonds is 5. The fourth-order valence-electron chi connectivity index (χ4n) is 2.62. The maximum absolute atomic E-state index is 12.4. The first kappa shape index (κ1) is 17.2. The Morgan fingerprint density at radius 2 is 2.09 bits per heavy atom. The first-order valence-electron chi connectivity index (χ1n) is 7.47. The third-order valence-electron chi connectivity index (χ3n) is 3.74. The number of anilines is 1. The van der Waals surface area contributed by atoms with Crippen LogP contribution in [0.25, 0.3) is 0 Å². The Bertz CT molecular complexity index is 759. The highest BCUT2D eigenvalue weighted by Crippen LogP contribution is 2.33. The zero-order chi connectivity index (χ0) is 17.3. The average molecular weight is 335 g/mol. The second kappa shape index (κ2) is 6.54. The molecule has 0 atom stereocenters. The van der Waals surface area contributed by atoms with Gasteiger partial charge in [-0.25, -0.2) is 4.79 Å². The van der Waals surface area contributed by atoms with Gasteiger partial charge in [0.25, 0.3) is 5.91 Å². The minimum absolute atomic E-state index is 0.184. The number of nitrogens with zero attached hydrogens (tertiary/aromatic N) is 2. The van der Waals surface area contributed by atoms with Gasteiger partial charge in [-0.3, -0.25) is 9.48 Å². The smallest absolute Gasteiger partial charge is 0.339 e. The molecular formula is C16H21N3O3S. The number of nitrogens with one attached hydrogen (secondary N) is 1. The highest BCUT2D eigenvalue weighted by atomic mass is 32.1. The number of carboxylic acid groups (broad SMARTS) is 1. The van der Waals surface area contributed by atoms with E-state index in [1.807, 2.05) is 27.7 Å². The summed E-state index contributed by atoms with van der Waals surface area (Å²) in [4.78, 5) is 24.8. The van der Waals surface area contributed by atoms with Gasteiger partial charge in [0, 0.05) is 17.6 Å². The molecule has 0 fully saturated rings. The summed E-state index contributed by atoms with van der Waals surface area (Å²) in [6, 6.07) is 1.74. The molecule has 124 valence electrons. The van der Waals surface area contributed by atoms with Gasteiger partial charge >= 0.3 is 5.97 Å². The molecule has 2 heterocycles. The number of carboxylic acids is 1. The van der Waals surface area contributed by atoms with E-state index < -0.39 is 5.97 Å². The second-order valence-electron chi connectivity index (χ2n) is 5.69. The summed E-state index contributed by atoms with van der Waals surface area (Å²) in [6.45, 7) is 7.82. The molecule has 0 aliphatic carbocycles. The number of aromatic carboxylic acids is 1. The summed E-state index contributed by atoms with van der Waals surface area (Å²) in [5, 5.41) is 16.7. The fraction of sp³-hybridized carbons (Fsp3) is 0.438. The molecule has 0 bridgehead atoms. The Morgan fingerprint density at radius 1 is 1.43 bits per heavy atom. The van der Waals surface area contributed by atoms with Crippen LogP contribution in [-0.2, 0) is 13.5 Å². The van der Waals surface area contributed by atoms with Crippen LogP contribution in [-0.4, -0.2) is 26.8 Å². The summed E-state index contributed by atoms with van der Waals surface area (Å²) in [5.74, 6) is -1.16. The Kier molecular flexibility index (Phi) is 4.89. The Balaban J connectivity index is 2.34. The standard InChI is InChI=1S/C16H21N3O3S/c1-6-10-9(4)23-15(13(10)16(21)22)17-14(20)11-7-12(8(2)3)19(5)18-11/h7-8H,6H2,1-5H3,(H,17,20)(H,21,22). The van der Waals surface area contributed by atoms with Crippen LogP contribution >= 0.6 is 11.3 Å². The normalized spacial score (nSPS) is 11.0. The Labute approximate surface area is 139 Å². The van der Waals surface area contributed by atoms with E-state index in [0.29, 0.717) is 11.4 Å². The fourth-order valence-corrected chi connectivity index (χ4v) is 3.75. The van der Waals surface area contributed by atoms with Crippen molar-refractivity contribution in [2.24, 2.45) is 7.05 Å². The molecule has 6 nitrogen and oxygen atoms in total. The van der Waals surface area contributed by atoms with Gasteiger partial charge in [-0.15, -0.1) is 11.3 Å². The Morgan fingerprint density at radius 3 is 2.57 bits per heavy atom. The van der Waals surface area contributed by atoms with E-state index in [4.69, 9.17) is 0 Å². The molecular weight excluding hydrogens is 314 g/mol. The number of hydrogen-bond acceptors (Lipinski definition) is 4. The molecule has 2 N–H and O–H groups in total. The maximum atomic E-state index is 12.4. The van der Waals surface area contributed by atoms with Crippen LogP contribution in [0.4, 0.5) is 5.00 Å². The molecule has 7 heteroatoms. The van der Waals surface area contributed by atoms with Gasteiger partial charge in [0.05, 0.1) is 5.56 Å². The minimum atomic E-state index is -1.02. The maximum Gasteiger partial charge on any atom is 0.339 e. The summed E-state index contributed by atoms with van der Waals surface area (Å²) in [5.41, 5.74) is 2.19. The van der Waals surface area contributed by atoms with Gasteiger partial charge in [0.15, 0.2) is 5.69 Å². The lowest BCUT2D eigenvalue weighted by molar-refractivity contribution is 0.0697. The monoisotopic (exact) mass is 335 g/mol. The van der Waals surface area contributed by atoms with E-state index in [9.17, 15) is 14.7 Å². The van der Waals surface area contributed by atoms with Crippen LogP contribution in [0.5, 0.6) is 0 Å². The lowest BCUT2D eigenvalue weighted by Gasteiger charge is -2.03. The van der Waals surface area contributed by atoms with Crippen LogP contribution in [0.15, 0.2) is 6.07 Å². The molecule has 0 radical (unpaired) electrons. The van der Waals surface area contributed by atoms with Crippen molar-refractivity contribution < 1.29 is 14.7 Å². The molecule has 2 aromatic rings. The van der Waals surface area contributed by atoms with E-state index in [-0.39, 0.29) is 23.1 Å². The molecule has 23 heavy (non-hydrogen) atoms. The van der Waals surface area contributed by atoms with Crippen molar-refractivity contribution in [2.45, 2.75) is 40.0 Å². The van der Waals surface area contributed by atoms with E-state index >= 15 is 0 Å². The first-order chi connectivity index (χ1) is 10.8. The van der Waals surface area contributed by atoms with Crippen molar-refractivity contribution in [3.05, 3.63) is 33.5 Å². The topological polar surface area (TPSA) is 84.2 Å². The van der Waals surface area contributed by atoms with E-state index in [1.165, 1.54) is 11.3 Å². The molecule has 0 spiro atoms. The lowest BCUT2D eigenvalue weighted by Crippen LogP contribution is -2.14. The SMILES string of the molecule is CCc1c(C)sc(NC(=O)c2cc(C(C)C)n(C)n2)c1C(=O)O. The van der Waals surface area contributed by atoms with Crippen molar-refractivity contribution in [1.29, 1.82) is 0 Å². The second-order valence-corrected chi connectivity index (χ2v) is 6.91. The number of carbonyl (C=O) groups excluding carboxylic acids is 1. The van der Waals surface area contributed by atoms with Gasteiger partial charge in [-0.05, 0) is 30.9 Å². The third kappa shape index (κ3) is 3.29. The predicted molar refractivity (Wildman–Crippen MR) is 90.6 cm³/mol. The third-order valence-corrected chi connectivity index (χ3v) is 4.81. The van der Waals surface area contributed by atoms with E-state index in [2.05, 4.69) is 10.4 Å². The van der Waals surface area contributed by atoms with Crippen LogP contribution in [0, 0.1) is 6.92 Å². The van der Waals surface area contributed by atoms with Crippen molar-refractivity contribution in [3.8, 4) is 0 Å². The summed E-state index contributed by atoms with van der Waals surface area (Å²) in [7, 11) is 1.79. The molecule has 0 aliphatic rings. The highest BCUT2D eigenvalue weighted by Gasteiger charge is 2.23. The van der Waals surface area contributed by atoms with Gasteiger partial charge in [-0.2, -0.15) is 5.10 Å². The molecule has 0 saturated heterocycles. The number of aromatic nitrogens is 2. The number of carbonyl (C=O) groups is 2. The van der Waals surface area contributed by atoms with Crippen LogP contribution in [0.1, 0.15) is 63.7 Å². The number of amides is 1. The molecule has 1 amide bonds. The van der Waals surface area contributed by atoms with Crippen molar-refractivity contribution in [2.75, 3.05) is 5.32 Å². The molecule has 0 saturated carbocycles. The van der Waals surface area contributed by atoms with Crippen molar-refractivity contribution in [1.82, 2.24) is 9.78 Å². The zero-order valence-corrected chi connectivity index (χ0v) is 14.7. The largest absolute Gasteiger partial charge is 0.478 e. The predicted octanol–water partition coefficient (Wildman–Crippen LogP) is 3.43. The van der Waals surface area contributed by atoms with Crippen LogP contribution in [0.2, 0.25) is 0 Å². The summed E-state index contributed by atoms with van der Waals surface area (Å²) in [6.07, 6.45) is 0.612. The van der Waals surface area contributed by atoms with Crippen molar-refractivity contribution >= 4 is 28.2 Å². The van der Waals surface area contributed by atoms with Gasteiger partial charge in [0.2, 0.25) is 0 Å². The lowest BCUT2D eigenvalue weighted by atomic mass is 10.1. The highest BCUT2D eigenvalue weighted by molar-refractivity contribution is 7.16. The van der Waals surface area contributed by atoms with Gasteiger partial charge in [0.1, 0.15) is 5.00 Å². The zero-order valence-electron chi connectivity index (χ0n) is 13.9. The van der Waals surface area contributed by atoms with E-state index in [1.54, 1.807) is 17.8 Å². The molecule has 0 aromatic carbocycles. The molecule has 2 aromatic heterocycles. The van der Waals surface area contributed by atoms with Crippen molar-refractivity contribution in [3.63, 3.8) is 0 Å². The van der Waals surface area contributed by atoms with Gasteiger partial charge < -0.3 is 10.4 Å². The molecule has 0 aliphatic heterocycles.